The van der Waals surface area contributed by atoms with Gasteiger partial charge in [-0.15, -0.1) is 0 Å². The van der Waals surface area contributed by atoms with Crippen LogP contribution in [0.4, 0.5) is 11.4 Å². The summed E-state index contributed by atoms with van der Waals surface area (Å²) in [6.07, 6.45) is 7.52. The average molecular weight is 264 g/mol. The molecule has 0 bridgehead atoms. The summed E-state index contributed by atoms with van der Waals surface area (Å²) < 4.78 is 0. The summed E-state index contributed by atoms with van der Waals surface area (Å²) in [4.78, 5) is 10.4. The van der Waals surface area contributed by atoms with Crippen LogP contribution in [0.5, 0.6) is 0 Å². The van der Waals surface area contributed by atoms with Crippen LogP contribution < -0.4 is 5.32 Å². The van der Waals surface area contributed by atoms with Gasteiger partial charge in [0, 0.05) is 24.4 Å². The fourth-order valence-electron chi connectivity index (χ4n) is 2.11. The Kier molecular flexibility index (Phi) is 6.93. The topological polar surface area (TPSA) is 55.2 Å². The van der Waals surface area contributed by atoms with E-state index in [4.69, 9.17) is 0 Å². The van der Waals surface area contributed by atoms with Gasteiger partial charge in [0.25, 0.3) is 5.69 Å². The maximum atomic E-state index is 10.8. The van der Waals surface area contributed by atoms with E-state index in [0.717, 1.165) is 24.2 Å². The van der Waals surface area contributed by atoms with E-state index in [0.29, 0.717) is 0 Å². The first-order valence-electron chi connectivity index (χ1n) is 7.13. The van der Waals surface area contributed by atoms with Gasteiger partial charge >= 0.3 is 0 Å². The van der Waals surface area contributed by atoms with Gasteiger partial charge in [0.15, 0.2) is 0 Å². The highest BCUT2D eigenvalue weighted by molar-refractivity contribution is 5.53. The van der Waals surface area contributed by atoms with E-state index >= 15 is 0 Å². The molecule has 1 aromatic rings. The highest BCUT2D eigenvalue weighted by Gasteiger charge is 2.07. The van der Waals surface area contributed by atoms with Crippen molar-refractivity contribution < 1.29 is 4.92 Å². The monoisotopic (exact) mass is 264 g/mol. The molecule has 0 atom stereocenters. The number of rotatable bonds is 9. The zero-order valence-electron chi connectivity index (χ0n) is 11.9. The number of nitro benzene ring substituents is 1. The zero-order chi connectivity index (χ0) is 14.1. The number of non-ortho nitro benzene ring substituents is 1. The summed E-state index contributed by atoms with van der Waals surface area (Å²) in [5.41, 5.74) is 1.92. The van der Waals surface area contributed by atoms with Crippen LogP contribution in [-0.2, 0) is 0 Å². The number of nitrogens with zero attached hydrogens (tertiary/aromatic N) is 1. The number of hydrogen-bond donors (Lipinski definition) is 1. The molecule has 4 nitrogen and oxygen atoms in total. The molecule has 1 rings (SSSR count). The first kappa shape index (κ1) is 15.5. The van der Waals surface area contributed by atoms with Gasteiger partial charge in [-0.25, -0.2) is 0 Å². The molecule has 0 aliphatic rings. The van der Waals surface area contributed by atoms with Crippen molar-refractivity contribution in [2.24, 2.45) is 0 Å². The molecule has 0 heterocycles. The van der Waals surface area contributed by atoms with E-state index in [2.05, 4.69) is 12.2 Å². The molecule has 0 spiro atoms. The average Bonchev–Trinajstić information content (AvgIpc) is 2.37. The molecule has 0 aliphatic heterocycles. The third kappa shape index (κ3) is 6.22. The smallest absolute Gasteiger partial charge is 0.271 e. The van der Waals surface area contributed by atoms with Crippen LogP contribution in [0.15, 0.2) is 18.2 Å². The molecule has 0 saturated heterocycles. The number of nitro groups is 1. The fourth-order valence-corrected chi connectivity index (χ4v) is 2.11. The molecule has 0 aromatic heterocycles. The van der Waals surface area contributed by atoms with Crippen LogP contribution in [0.1, 0.15) is 51.0 Å². The van der Waals surface area contributed by atoms with Crippen molar-refractivity contribution in [3.05, 3.63) is 33.9 Å². The molecule has 19 heavy (non-hydrogen) atoms. The number of aryl methyl sites for hydroxylation is 1. The minimum absolute atomic E-state index is 0.158. The van der Waals surface area contributed by atoms with E-state index in [-0.39, 0.29) is 10.6 Å². The Balaban J connectivity index is 2.31. The van der Waals surface area contributed by atoms with Gasteiger partial charge in [0.1, 0.15) is 0 Å². The maximum absolute atomic E-state index is 10.8. The molecule has 0 fully saturated rings. The standard InChI is InChI=1S/C15H24N2O2/c1-3-4-5-6-7-8-9-16-14-10-13(2)11-15(12-14)17(18)19/h10-12,16H,3-9H2,1-2H3. The van der Waals surface area contributed by atoms with Crippen LogP contribution in [-0.4, -0.2) is 11.5 Å². The molecular weight excluding hydrogens is 240 g/mol. The van der Waals surface area contributed by atoms with Gasteiger partial charge in [-0.1, -0.05) is 39.0 Å². The van der Waals surface area contributed by atoms with Gasteiger partial charge in [0.05, 0.1) is 4.92 Å². The van der Waals surface area contributed by atoms with Crippen molar-refractivity contribution in [1.29, 1.82) is 0 Å². The third-order valence-electron chi connectivity index (χ3n) is 3.13. The van der Waals surface area contributed by atoms with E-state index in [1.807, 2.05) is 13.0 Å². The number of nitrogens with one attached hydrogen (secondary N) is 1. The van der Waals surface area contributed by atoms with E-state index in [1.54, 1.807) is 12.1 Å². The molecule has 0 saturated carbocycles. The lowest BCUT2D eigenvalue weighted by atomic mass is 10.1. The van der Waals surface area contributed by atoms with Gasteiger partial charge in [-0.3, -0.25) is 10.1 Å². The third-order valence-corrected chi connectivity index (χ3v) is 3.13. The van der Waals surface area contributed by atoms with Crippen molar-refractivity contribution in [1.82, 2.24) is 0 Å². The van der Waals surface area contributed by atoms with Crippen molar-refractivity contribution in [2.45, 2.75) is 52.4 Å². The fraction of sp³-hybridized carbons (Fsp3) is 0.600. The highest BCUT2D eigenvalue weighted by atomic mass is 16.6. The minimum Gasteiger partial charge on any atom is -0.385 e. The normalized spacial score (nSPS) is 10.4. The first-order chi connectivity index (χ1) is 9.13. The Labute approximate surface area is 115 Å². The van der Waals surface area contributed by atoms with Gasteiger partial charge < -0.3 is 5.32 Å². The summed E-state index contributed by atoms with van der Waals surface area (Å²) in [6, 6.07) is 5.14. The molecule has 0 aliphatic carbocycles. The minimum atomic E-state index is -0.344. The lowest BCUT2D eigenvalue weighted by Crippen LogP contribution is -2.02. The lowest BCUT2D eigenvalue weighted by molar-refractivity contribution is -0.384. The summed E-state index contributed by atoms with van der Waals surface area (Å²) >= 11 is 0. The van der Waals surface area contributed by atoms with Gasteiger partial charge in [-0.2, -0.15) is 0 Å². The van der Waals surface area contributed by atoms with Crippen molar-refractivity contribution in [2.75, 3.05) is 11.9 Å². The predicted octanol–water partition coefficient (Wildman–Crippen LogP) is 4.68. The second kappa shape index (κ2) is 8.51. The van der Waals surface area contributed by atoms with Crippen LogP contribution in [0.25, 0.3) is 0 Å². The number of anilines is 1. The molecule has 0 amide bonds. The predicted molar refractivity (Wildman–Crippen MR) is 79.7 cm³/mol. The lowest BCUT2D eigenvalue weighted by Gasteiger charge is -2.07. The Morgan fingerprint density at radius 1 is 1.11 bits per heavy atom. The Bertz CT molecular complexity index is 405. The molecule has 1 N–H and O–H groups in total. The number of hydrogen-bond acceptors (Lipinski definition) is 3. The number of unbranched alkanes of at least 4 members (excludes halogenated alkanes) is 5. The van der Waals surface area contributed by atoms with Crippen LogP contribution in [0.2, 0.25) is 0 Å². The Hall–Kier alpha value is -1.58. The molecule has 4 heteroatoms. The second-order valence-electron chi connectivity index (χ2n) is 5.01. The summed E-state index contributed by atoms with van der Waals surface area (Å²) in [5.74, 6) is 0. The van der Waals surface area contributed by atoms with Crippen LogP contribution in [0, 0.1) is 17.0 Å². The van der Waals surface area contributed by atoms with E-state index in [1.165, 1.54) is 32.1 Å². The molecule has 1 aromatic carbocycles. The van der Waals surface area contributed by atoms with Crippen molar-refractivity contribution >= 4 is 11.4 Å². The van der Waals surface area contributed by atoms with Gasteiger partial charge in [0.2, 0.25) is 0 Å². The van der Waals surface area contributed by atoms with Crippen LogP contribution >= 0.6 is 0 Å². The molecule has 0 unspecified atom stereocenters. The quantitative estimate of drug-likeness (QED) is 0.400. The largest absolute Gasteiger partial charge is 0.385 e. The Morgan fingerprint density at radius 2 is 1.79 bits per heavy atom. The summed E-state index contributed by atoms with van der Waals surface area (Å²) in [5, 5.41) is 14.0. The Morgan fingerprint density at radius 3 is 2.47 bits per heavy atom. The second-order valence-corrected chi connectivity index (χ2v) is 5.01. The van der Waals surface area contributed by atoms with Crippen molar-refractivity contribution in [3.8, 4) is 0 Å². The van der Waals surface area contributed by atoms with Gasteiger partial charge in [-0.05, 0) is 25.0 Å². The van der Waals surface area contributed by atoms with Crippen LogP contribution in [0.3, 0.4) is 0 Å². The highest BCUT2D eigenvalue weighted by Crippen LogP contribution is 2.20. The molecule has 106 valence electrons. The van der Waals surface area contributed by atoms with Crippen molar-refractivity contribution in [3.63, 3.8) is 0 Å². The summed E-state index contributed by atoms with van der Waals surface area (Å²) in [7, 11) is 0. The van der Waals surface area contributed by atoms with E-state index < -0.39 is 0 Å². The first-order valence-corrected chi connectivity index (χ1v) is 7.13. The SMILES string of the molecule is CCCCCCCCNc1cc(C)cc([N+](=O)[O-])c1. The molecule has 0 radical (unpaired) electrons. The summed E-state index contributed by atoms with van der Waals surface area (Å²) in [6.45, 7) is 4.97. The molecular formula is C15H24N2O2. The zero-order valence-corrected chi connectivity index (χ0v) is 11.9. The number of benzene rings is 1. The van der Waals surface area contributed by atoms with E-state index in [9.17, 15) is 10.1 Å². The maximum Gasteiger partial charge on any atom is 0.271 e.